The van der Waals surface area contributed by atoms with Crippen molar-refractivity contribution in [3.05, 3.63) is 33.8 Å². The second-order valence-corrected chi connectivity index (χ2v) is 6.10. The molecule has 0 spiro atoms. The lowest BCUT2D eigenvalue weighted by Gasteiger charge is -2.23. The molecule has 0 aromatic heterocycles. The molecule has 1 unspecified atom stereocenters. The molecule has 0 bridgehead atoms. The van der Waals surface area contributed by atoms with Crippen LogP contribution in [0.1, 0.15) is 18.4 Å². The van der Waals surface area contributed by atoms with Crippen LogP contribution in [-0.2, 0) is 11.2 Å². The predicted molar refractivity (Wildman–Crippen MR) is 87.4 cm³/mol. The van der Waals surface area contributed by atoms with Crippen LogP contribution < -0.4 is 10.6 Å². The van der Waals surface area contributed by atoms with Gasteiger partial charge in [-0.2, -0.15) is 0 Å². The molecule has 1 aromatic rings. The van der Waals surface area contributed by atoms with E-state index in [0.717, 1.165) is 12.0 Å². The Kier molecular flexibility index (Phi) is 5.91. The van der Waals surface area contributed by atoms with Crippen molar-refractivity contribution in [2.75, 3.05) is 20.1 Å². The maximum Gasteiger partial charge on any atom is 0.318 e. The van der Waals surface area contributed by atoms with Gasteiger partial charge in [0.05, 0.1) is 0 Å². The highest BCUT2D eigenvalue weighted by Gasteiger charge is 2.33. The van der Waals surface area contributed by atoms with Gasteiger partial charge in [0, 0.05) is 30.2 Å². The van der Waals surface area contributed by atoms with Gasteiger partial charge in [-0.25, -0.2) is 4.79 Å². The van der Waals surface area contributed by atoms with E-state index in [1.54, 1.807) is 18.0 Å². The highest BCUT2D eigenvalue weighted by molar-refractivity contribution is 6.34. The highest BCUT2D eigenvalue weighted by atomic mass is 35.5. The van der Waals surface area contributed by atoms with Crippen LogP contribution >= 0.6 is 23.2 Å². The van der Waals surface area contributed by atoms with Crippen LogP contribution in [-0.4, -0.2) is 43.0 Å². The van der Waals surface area contributed by atoms with Gasteiger partial charge in [0.25, 0.3) is 0 Å². The minimum absolute atomic E-state index is 0.116. The molecule has 2 rings (SSSR count). The van der Waals surface area contributed by atoms with Crippen LogP contribution in [0.5, 0.6) is 0 Å². The minimum atomic E-state index is -0.370. The van der Waals surface area contributed by atoms with Crippen LogP contribution in [0.3, 0.4) is 0 Å². The number of carbonyl (C=O) groups is 2. The summed E-state index contributed by atoms with van der Waals surface area (Å²) in [4.78, 5) is 25.5. The molecule has 7 heteroatoms. The Labute approximate surface area is 139 Å². The normalized spacial score (nSPS) is 17.4. The molecule has 1 heterocycles. The number of nitrogens with one attached hydrogen (secondary N) is 2. The number of hydrogen-bond acceptors (Lipinski definition) is 2. The van der Waals surface area contributed by atoms with Gasteiger partial charge in [-0.1, -0.05) is 23.2 Å². The fourth-order valence-corrected chi connectivity index (χ4v) is 3.19. The zero-order chi connectivity index (χ0) is 16.1. The summed E-state index contributed by atoms with van der Waals surface area (Å²) in [5.41, 5.74) is 0.960. The quantitative estimate of drug-likeness (QED) is 0.881. The zero-order valence-corrected chi connectivity index (χ0v) is 13.9. The molecule has 2 N–H and O–H groups in total. The summed E-state index contributed by atoms with van der Waals surface area (Å²) in [6.45, 7) is 1.07. The molecule has 1 saturated heterocycles. The number of carbonyl (C=O) groups excluding carboxylic acids is 2. The Balaban J connectivity index is 1.86. The van der Waals surface area contributed by atoms with Crippen LogP contribution in [0.4, 0.5) is 4.79 Å². The summed E-state index contributed by atoms with van der Waals surface area (Å²) in [7, 11) is 1.58. The molecule has 3 amide bonds. The zero-order valence-electron chi connectivity index (χ0n) is 12.4. The molecule has 1 aliphatic rings. The lowest BCUT2D eigenvalue weighted by atomic mass is 10.1. The van der Waals surface area contributed by atoms with Gasteiger partial charge in [0.2, 0.25) is 5.91 Å². The van der Waals surface area contributed by atoms with E-state index >= 15 is 0 Å². The first kappa shape index (κ1) is 16.9. The van der Waals surface area contributed by atoms with Crippen molar-refractivity contribution in [2.24, 2.45) is 0 Å². The third-order valence-electron chi connectivity index (χ3n) is 3.67. The average molecular weight is 344 g/mol. The SMILES string of the molecule is CNC(=O)C1CCCN1C(=O)NCCc1cc(Cl)cc(Cl)c1. The van der Waals surface area contributed by atoms with E-state index in [4.69, 9.17) is 23.2 Å². The Bertz CT molecular complexity index is 545. The molecule has 1 fully saturated rings. The largest absolute Gasteiger partial charge is 0.357 e. The first-order valence-electron chi connectivity index (χ1n) is 7.22. The van der Waals surface area contributed by atoms with Crippen molar-refractivity contribution in [3.8, 4) is 0 Å². The van der Waals surface area contributed by atoms with Gasteiger partial charge in [0.15, 0.2) is 0 Å². The fraction of sp³-hybridized carbons (Fsp3) is 0.467. The van der Waals surface area contributed by atoms with Gasteiger partial charge in [-0.05, 0) is 43.0 Å². The van der Waals surface area contributed by atoms with Crippen LogP contribution in [0, 0.1) is 0 Å². The average Bonchev–Trinajstić information content (AvgIpc) is 2.94. The van der Waals surface area contributed by atoms with E-state index in [1.165, 1.54) is 0 Å². The third-order valence-corrected chi connectivity index (χ3v) is 4.11. The van der Waals surface area contributed by atoms with Crippen molar-refractivity contribution in [1.82, 2.24) is 15.5 Å². The number of nitrogens with zero attached hydrogens (tertiary/aromatic N) is 1. The van der Waals surface area contributed by atoms with Crippen molar-refractivity contribution in [3.63, 3.8) is 0 Å². The molecule has 1 aliphatic heterocycles. The summed E-state index contributed by atoms with van der Waals surface area (Å²) in [6.07, 6.45) is 2.18. The van der Waals surface area contributed by atoms with E-state index in [1.807, 2.05) is 12.1 Å². The third kappa shape index (κ3) is 4.27. The van der Waals surface area contributed by atoms with Gasteiger partial charge in [-0.3, -0.25) is 4.79 Å². The Hall–Kier alpha value is -1.46. The highest BCUT2D eigenvalue weighted by Crippen LogP contribution is 2.19. The van der Waals surface area contributed by atoms with Gasteiger partial charge in [0.1, 0.15) is 6.04 Å². The molecule has 1 atom stereocenters. The molecule has 22 heavy (non-hydrogen) atoms. The number of likely N-dealkylation sites (tertiary alicyclic amines) is 1. The topological polar surface area (TPSA) is 61.4 Å². The van der Waals surface area contributed by atoms with Crippen molar-refractivity contribution < 1.29 is 9.59 Å². The molecule has 0 radical (unpaired) electrons. The number of hydrogen-bond donors (Lipinski definition) is 2. The molecule has 5 nitrogen and oxygen atoms in total. The summed E-state index contributed by atoms with van der Waals surface area (Å²) >= 11 is 11.9. The minimum Gasteiger partial charge on any atom is -0.357 e. The van der Waals surface area contributed by atoms with Crippen molar-refractivity contribution >= 4 is 35.1 Å². The van der Waals surface area contributed by atoms with Gasteiger partial charge < -0.3 is 15.5 Å². The number of rotatable bonds is 4. The number of benzene rings is 1. The van der Waals surface area contributed by atoms with Crippen molar-refractivity contribution in [1.29, 1.82) is 0 Å². The van der Waals surface area contributed by atoms with E-state index < -0.39 is 0 Å². The maximum absolute atomic E-state index is 12.2. The Morgan fingerprint density at radius 2 is 1.95 bits per heavy atom. The number of amides is 3. The monoisotopic (exact) mass is 343 g/mol. The molecule has 0 saturated carbocycles. The smallest absolute Gasteiger partial charge is 0.318 e. The number of halogens is 2. The summed E-state index contributed by atoms with van der Waals surface area (Å²) < 4.78 is 0. The van der Waals surface area contributed by atoms with Gasteiger partial charge >= 0.3 is 6.03 Å². The standard InChI is InChI=1S/C15H19Cl2N3O2/c1-18-14(21)13-3-2-6-20(13)15(22)19-5-4-10-7-11(16)9-12(17)8-10/h7-9,13H,2-6H2,1H3,(H,18,21)(H,19,22). The summed E-state index contributed by atoms with van der Waals surface area (Å²) in [5, 5.41) is 6.59. The first-order valence-corrected chi connectivity index (χ1v) is 7.98. The van der Waals surface area contributed by atoms with Gasteiger partial charge in [-0.15, -0.1) is 0 Å². The fourth-order valence-electron chi connectivity index (χ4n) is 2.62. The molecule has 120 valence electrons. The van der Waals surface area contributed by atoms with Crippen LogP contribution in [0.25, 0.3) is 0 Å². The van der Waals surface area contributed by atoms with E-state index in [9.17, 15) is 9.59 Å². The second-order valence-electron chi connectivity index (χ2n) is 5.23. The predicted octanol–water partition coefficient (Wildman–Crippen LogP) is 2.46. The Morgan fingerprint density at radius 1 is 1.27 bits per heavy atom. The number of urea groups is 1. The molecular weight excluding hydrogens is 325 g/mol. The maximum atomic E-state index is 12.2. The summed E-state index contributed by atoms with van der Waals surface area (Å²) in [5.74, 6) is -0.116. The van der Waals surface area contributed by atoms with Crippen LogP contribution in [0.2, 0.25) is 10.0 Å². The second kappa shape index (κ2) is 7.70. The van der Waals surface area contributed by atoms with Crippen molar-refractivity contribution in [2.45, 2.75) is 25.3 Å². The molecule has 0 aliphatic carbocycles. The van der Waals surface area contributed by atoms with E-state index in [-0.39, 0.29) is 18.0 Å². The molecular formula is C15H19Cl2N3O2. The lowest BCUT2D eigenvalue weighted by molar-refractivity contribution is -0.124. The molecule has 1 aromatic carbocycles. The van der Waals surface area contributed by atoms with E-state index in [0.29, 0.717) is 36.0 Å². The Morgan fingerprint density at radius 3 is 2.59 bits per heavy atom. The van der Waals surface area contributed by atoms with E-state index in [2.05, 4.69) is 10.6 Å². The summed E-state index contributed by atoms with van der Waals surface area (Å²) in [6, 6.07) is 4.74. The number of likely N-dealkylation sites (N-methyl/N-ethyl adjacent to an activating group) is 1. The first-order chi connectivity index (χ1) is 10.5. The van der Waals surface area contributed by atoms with Crippen LogP contribution in [0.15, 0.2) is 18.2 Å². The lowest BCUT2D eigenvalue weighted by Crippen LogP contribution is -2.49.